The fourth-order valence-electron chi connectivity index (χ4n) is 1.01. The normalized spacial score (nSPS) is 16.7. The highest BCUT2D eigenvalue weighted by Crippen LogP contribution is 2.31. The average Bonchev–Trinajstić information content (AvgIpc) is 2.00. The van der Waals surface area contributed by atoms with Crippen LogP contribution >= 0.6 is 15.9 Å². The molecule has 0 atom stereocenters. The molecule has 1 aromatic rings. The van der Waals surface area contributed by atoms with E-state index in [1.807, 2.05) is 0 Å². The molecule has 5 heteroatoms. The van der Waals surface area contributed by atoms with Crippen molar-refractivity contribution >= 4 is 21.6 Å². The van der Waals surface area contributed by atoms with Gasteiger partial charge in [-0.2, -0.15) is 0 Å². The van der Waals surface area contributed by atoms with Crippen LogP contribution in [0.4, 0.5) is 5.69 Å². The molecule has 2 heterocycles. The number of nitrogen functional groups attached to an aromatic ring is 1. The Labute approximate surface area is 84.2 Å². The Bertz CT molecular complexity index is 295. The SMILES string of the molecule is Nc1cncc(Br)c1OC1COC1. The smallest absolute Gasteiger partial charge is 0.160 e. The molecule has 1 saturated heterocycles. The van der Waals surface area contributed by atoms with Gasteiger partial charge in [0.2, 0.25) is 0 Å². The van der Waals surface area contributed by atoms with Gasteiger partial charge in [0.05, 0.1) is 29.6 Å². The van der Waals surface area contributed by atoms with E-state index in [1.54, 1.807) is 12.4 Å². The lowest BCUT2D eigenvalue weighted by molar-refractivity contribution is -0.0796. The Morgan fingerprint density at radius 2 is 2.31 bits per heavy atom. The molecular weight excluding hydrogens is 236 g/mol. The predicted molar refractivity (Wildman–Crippen MR) is 51.6 cm³/mol. The van der Waals surface area contributed by atoms with E-state index in [2.05, 4.69) is 20.9 Å². The number of nitrogens with two attached hydrogens (primary N) is 1. The van der Waals surface area contributed by atoms with Crippen molar-refractivity contribution in [1.29, 1.82) is 0 Å². The van der Waals surface area contributed by atoms with E-state index in [0.717, 1.165) is 4.47 Å². The first kappa shape index (κ1) is 8.77. The standard InChI is InChI=1S/C8H9BrN2O2/c9-6-1-11-2-7(10)8(6)13-5-3-12-4-5/h1-2,5H,3-4,10H2. The number of rotatable bonds is 2. The van der Waals surface area contributed by atoms with Gasteiger partial charge in [0.15, 0.2) is 5.75 Å². The highest BCUT2D eigenvalue weighted by atomic mass is 79.9. The van der Waals surface area contributed by atoms with Crippen LogP contribution in [-0.2, 0) is 4.74 Å². The topological polar surface area (TPSA) is 57.4 Å². The van der Waals surface area contributed by atoms with Crippen LogP contribution in [0.1, 0.15) is 0 Å². The Hall–Kier alpha value is -0.810. The minimum Gasteiger partial charge on any atom is -0.482 e. The molecule has 2 rings (SSSR count). The minimum absolute atomic E-state index is 0.126. The van der Waals surface area contributed by atoms with Crippen LogP contribution in [0.25, 0.3) is 0 Å². The van der Waals surface area contributed by atoms with Crippen LogP contribution in [0.15, 0.2) is 16.9 Å². The number of pyridine rings is 1. The molecule has 1 aliphatic heterocycles. The van der Waals surface area contributed by atoms with Crippen LogP contribution < -0.4 is 10.5 Å². The number of aromatic nitrogens is 1. The fraction of sp³-hybridized carbons (Fsp3) is 0.375. The Balaban J connectivity index is 2.17. The van der Waals surface area contributed by atoms with E-state index in [0.29, 0.717) is 24.7 Å². The molecule has 0 aliphatic carbocycles. The third-order valence-electron chi connectivity index (χ3n) is 1.77. The first-order chi connectivity index (χ1) is 6.27. The lowest BCUT2D eigenvalue weighted by Gasteiger charge is -2.27. The lowest BCUT2D eigenvalue weighted by Crippen LogP contribution is -2.38. The van der Waals surface area contributed by atoms with Crippen LogP contribution in [0, 0.1) is 0 Å². The van der Waals surface area contributed by atoms with E-state index in [-0.39, 0.29) is 6.10 Å². The van der Waals surface area contributed by atoms with Crippen molar-refractivity contribution in [2.24, 2.45) is 0 Å². The van der Waals surface area contributed by atoms with Crippen LogP contribution in [-0.4, -0.2) is 24.3 Å². The summed E-state index contributed by atoms with van der Waals surface area (Å²) in [5.41, 5.74) is 6.23. The highest BCUT2D eigenvalue weighted by Gasteiger charge is 2.22. The average molecular weight is 245 g/mol. The summed E-state index contributed by atoms with van der Waals surface area (Å²) in [6, 6.07) is 0. The predicted octanol–water partition coefficient (Wildman–Crippen LogP) is 1.20. The molecule has 70 valence electrons. The first-order valence-corrected chi connectivity index (χ1v) is 4.70. The second kappa shape index (κ2) is 3.51. The highest BCUT2D eigenvalue weighted by molar-refractivity contribution is 9.10. The number of hydrogen-bond donors (Lipinski definition) is 1. The molecule has 1 aromatic heterocycles. The van der Waals surface area contributed by atoms with Gasteiger partial charge in [-0.25, -0.2) is 0 Å². The molecule has 0 amide bonds. The third kappa shape index (κ3) is 1.76. The van der Waals surface area contributed by atoms with Crippen molar-refractivity contribution in [3.05, 3.63) is 16.9 Å². The maximum atomic E-state index is 5.69. The molecule has 0 aromatic carbocycles. The van der Waals surface area contributed by atoms with Gasteiger partial charge in [0, 0.05) is 6.20 Å². The van der Waals surface area contributed by atoms with Crippen molar-refractivity contribution in [2.75, 3.05) is 18.9 Å². The molecule has 1 fully saturated rings. The summed E-state index contributed by atoms with van der Waals surface area (Å²) in [6.45, 7) is 1.27. The maximum absolute atomic E-state index is 5.69. The zero-order valence-corrected chi connectivity index (χ0v) is 8.45. The summed E-state index contributed by atoms with van der Waals surface area (Å²) in [5, 5.41) is 0. The zero-order valence-electron chi connectivity index (χ0n) is 6.87. The molecule has 0 radical (unpaired) electrons. The molecule has 0 spiro atoms. The van der Waals surface area contributed by atoms with E-state index in [1.165, 1.54) is 0 Å². The van der Waals surface area contributed by atoms with Crippen molar-refractivity contribution in [3.8, 4) is 5.75 Å². The second-order valence-electron chi connectivity index (χ2n) is 2.82. The van der Waals surface area contributed by atoms with Gasteiger partial charge < -0.3 is 15.2 Å². The monoisotopic (exact) mass is 244 g/mol. The molecule has 2 N–H and O–H groups in total. The van der Waals surface area contributed by atoms with E-state index < -0.39 is 0 Å². The third-order valence-corrected chi connectivity index (χ3v) is 2.34. The summed E-state index contributed by atoms with van der Waals surface area (Å²) in [7, 11) is 0. The van der Waals surface area contributed by atoms with Crippen LogP contribution in [0.5, 0.6) is 5.75 Å². The number of nitrogens with zero attached hydrogens (tertiary/aromatic N) is 1. The Morgan fingerprint density at radius 1 is 1.54 bits per heavy atom. The minimum atomic E-state index is 0.126. The Kier molecular flexibility index (Phi) is 2.37. The van der Waals surface area contributed by atoms with Gasteiger partial charge >= 0.3 is 0 Å². The van der Waals surface area contributed by atoms with Gasteiger partial charge in [0.1, 0.15) is 6.10 Å². The van der Waals surface area contributed by atoms with E-state index in [9.17, 15) is 0 Å². The van der Waals surface area contributed by atoms with Crippen molar-refractivity contribution in [1.82, 2.24) is 4.98 Å². The van der Waals surface area contributed by atoms with Gasteiger partial charge in [-0.1, -0.05) is 0 Å². The van der Waals surface area contributed by atoms with Gasteiger partial charge in [-0.05, 0) is 15.9 Å². The number of halogens is 1. The van der Waals surface area contributed by atoms with Crippen molar-refractivity contribution in [3.63, 3.8) is 0 Å². The summed E-state index contributed by atoms with van der Waals surface area (Å²) < 4.78 is 11.3. The molecular formula is C8H9BrN2O2. The van der Waals surface area contributed by atoms with E-state index in [4.69, 9.17) is 15.2 Å². The maximum Gasteiger partial charge on any atom is 0.160 e. The molecule has 1 aliphatic rings. The fourth-order valence-corrected chi connectivity index (χ4v) is 1.45. The van der Waals surface area contributed by atoms with Gasteiger partial charge in [-0.15, -0.1) is 0 Å². The molecule has 13 heavy (non-hydrogen) atoms. The van der Waals surface area contributed by atoms with Gasteiger partial charge in [-0.3, -0.25) is 4.98 Å². The van der Waals surface area contributed by atoms with E-state index >= 15 is 0 Å². The van der Waals surface area contributed by atoms with Crippen molar-refractivity contribution in [2.45, 2.75) is 6.10 Å². The second-order valence-corrected chi connectivity index (χ2v) is 3.67. The van der Waals surface area contributed by atoms with Gasteiger partial charge in [0.25, 0.3) is 0 Å². The molecule has 0 bridgehead atoms. The molecule has 0 saturated carbocycles. The molecule has 4 nitrogen and oxygen atoms in total. The number of anilines is 1. The van der Waals surface area contributed by atoms with Crippen LogP contribution in [0.3, 0.4) is 0 Å². The lowest BCUT2D eigenvalue weighted by atomic mass is 10.3. The summed E-state index contributed by atoms with van der Waals surface area (Å²) in [6.07, 6.45) is 3.35. The van der Waals surface area contributed by atoms with Crippen molar-refractivity contribution < 1.29 is 9.47 Å². The zero-order chi connectivity index (χ0) is 9.26. The molecule has 0 unspecified atom stereocenters. The summed E-state index contributed by atoms with van der Waals surface area (Å²) in [4.78, 5) is 3.91. The summed E-state index contributed by atoms with van der Waals surface area (Å²) in [5.74, 6) is 0.656. The quantitative estimate of drug-likeness (QED) is 0.850. The summed E-state index contributed by atoms with van der Waals surface area (Å²) >= 11 is 3.32. The first-order valence-electron chi connectivity index (χ1n) is 3.91. The number of hydrogen-bond acceptors (Lipinski definition) is 4. The largest absolute Gasteiger partial charge is 0.482 e. The van der Waals surface area contributed by atoms with Crippen LogP contribution in [0.2, 0.25) is 0 Å². The Morgan fingerprint density at radius 3 is 2.85 bits per heavy atom. The number of ether oxygens (including phenoxy) is 2.